The number of carboxylic acid groups (broad SMARTS) is 1. The molecule has 0 aliphatic heterocycles. The molecule has 1 unspecified atom stereocenters. The zero-order valence-corrected chi connectivity index (χ0v) is 12.0. The smallest absolute Gasteiger partial charge is 0.325 e. The topological polar surface area (TPSA) is 52.6 Å². The van der Waals surface area contributed by atoms with Gasteiger partial charge in [0.05, 0.1) is 0 Å². The van der Waals surface area contributed by atoms with Gasteiger partial charge >= 0.3 is 5.97 Å². The van der Waals surface area contributed by atoms with E-state index in [0.29, 0.717) is 6.54 Å². The second-order valence-electron chi connectivity index (χ2n) is 5.00. The van der Waals surface area contributed by atoms with Crippen molar-refractivity contribution in [2.75, 3.05) is 25.0 Å². The summed E-state index contributed by atoms with van der Waals surface area (Å²) in [6.07, 6.45) is 2.14. The van der Waals surface area contributed by atoms with Gasteiger partial charge in [0.2, 0.25) is 0 Å². The highest BCUT2D eigenvalue weighted by Crippen LogP contribution is 2.18. The maximum atomic E-state index is 11.4. The van der Waals surface area contributed by atoms with Crippen molar-refractivity contribution in [1.82, 2.24) is 5.32 Å². The number of benzene rings is 1. The molecule has 0 saturated carbocycles. The van der Waals surface area contributed by atoms with E-state index >= 15 is 0 Å². The van der Waals surface area contributed by atoms with Crippen LogP contribution in [0.2, 0.25) is 0 Å². The van der Waals surface area contributed by atoms with E-state index in [1.807, 2.05) is 30.3 Å². The number of hydrogen-bond acceptors (Lipinski definition) is 3. The second kappa shape index (κ2) is 7.14. The molecule has 0 aliphatic rings. The number of hydrogen-bond donors (Lipinski definition) is 2. The third-order valence-electron chi connectivity index (χ3n) is 3.43. The molecule has 1 rings (SSSR count). The lowest BCUT2D eigenvalue weighted by Gasteiger charge is -2.33. The molecule has 0 fully saturated rings. The van der Waals surface area contributed by atoms with Crippen molar-refractivity contribution in [3.63, 3.8) is 0 Å². The molecule has 106 valence electrons. The summed E-state index contributed by atoms with van der Waals surface area (Å²) in [4.78, 5) is 13.5. The average molecular weight is 264 g/mol. The van der Waals surface area contributed by atoms with Crippen molar-refractivity contribution in [2.45, 2.75) is 32.2 Å². The number of nitrogens with zero attached hydrogens (tertiary/aromatic N) is 1. The highest BCUT2D eigenvalue weighted by Gasteiger charge is 2.33. The number of rotatable bonds is 8. The zero-order valence-electron chi connectivity index (χ0n) is 12.0. The minimum Gasteiger partial charge on any atom is -0.480 e. The summed E-state index contributed by atoms with van der Waals surface area (Å²) < 4.78 is 0. The average Bonchev–Trinajstić information content (AvgIpc) is 2.44. The number of anilines is 1. The number of para-hydroxylation sites is 1. The van der Waals surface area contributed by atoms with Crippen LogP contribution in [0.25, 0.3) is 0 Å². The molecule has 0 radical (unpaired) electrons. The van der Waals surface area contributed by atoms with E-state index in [1.165, 1.54) is 0 Å². The Morgan fingerprint density at radius 1 is 1.37 bits per heavy atom. The molecule has 19 heavy (non-hydrogen) atoms. The minimum absolute atomic E-state index is 0.447. The molecule has 0 heterocycles. The fourth-order valence-electron chi connectivity index (χ4n) is 1.92. The molecule has 0 bridgehead atoms. The summed E-state index contributed by atoms with van der Waals surface area (Å²) in [6.45, 7) is 5.17. The molecule has 1 aromatic rings. The highest BCUT2D eigenvalue weighted by molar-refractivity contribution is 5.79. The maximum Gasteiger partial charge on any atom is 0.325 e. The van der Waals surface area contributed by atoms with Gasteiger partial charge in [-0.1, -0.05) is 31.5 Å². The van der Waals surface area contributed by atoms with Crippen molar-refractivity contribution in [3.05, 3.63) is 30.3 Å². The molecule has 0 aromatic heterocycles. The van der Waals surface area contributed by atoms with E-state index in [2.05, 4.69) is 17.1 Å². The molecule has 0 saturated heterocycles. The zero-order chi connectivity index (χ0) is 14.3. The largest absolute Gasteiger partial charge is 0.480 e. The van der Waals surface area contributed by atoms with Gasteiger partial charge in [0, 0.05) is 18.8 Å². The number of carboxylic acids is 1. The van der Waals surface area contributed by atoms with Crippen molar-refractivity contribution in [3.8, 4) is 0 Å². The Morgan fingerprint density at radius 2 is 2.00 bits per heavy atom. The van der Waals surface area contributed by atoms with E-state index in [-0.39, 0.29) is 0 Å². The Morgan fingerprint density at radius 3 is 2.47 bits per heavy atom. The molecule has 1 atom stereocenters. The van der Waals surface area contributed by atoms with Gasteiger partial charge in [0.25, 0.3) is 0 Å². The van der Waals surface area contributed by atoms with Crippen LogP contribution in [0.4, 0.5) is 5.69 Å². The number of unbranched alkanes of at least 4 members (excludes halogenated alkanes) is 1. The molecule has 0 aliphatic carbocycles. The van der Waals surface area contributed by atoms with Gasteiger partial charge in [0.1, 0.15) is 5.54 Å². The number of aliphatic carboxylic acids is 1. The first kappa shape index (κ1) is 15.5. The van der Waals surface area contributed by atoms with E-state index in [0.717, 1.165) is 25.1 Å². The van der Waals surface area contributed by atoms with Gasteiger partial charge in [0.15, 0.2) is 0 Å². The predicted octanol–water partition coefficient (Wildman–Crippen LogP) is 2.36. The fraction of sp³-hybridized carbons (Fsp3) is 0.533. The van der Waals surface area contributed by atoms with E-state index in [1.54, 1.807) is 14.0 Å². The van der Waals surface area contributed by atoms with Crippen LogP contribution in [-0.4, -0.2) is 36.8 Å². The molecule has 0 amide bonds. The summed E-state index contributed by atoms with van der Waals surface area (Å²) in [5.74, 6) is -0.826. The van der Waals surface area contributed by atoms with Crippen LogP contribution in [0.1, 0.15) is 26.7 Å². The minimum atomic E-state index is -0.941. The number of nitrogens with one attached hydrogen (secondary N) is 1. The van der Waals surface area contributed by atoms with Crippen molar-refractivity contribution >= 4 is 11.7 Å². The predicted molar refractivity (Wildman–Crippen MR) is 78.7 cm³/mol. The Kier molecular flexibility index (Phi) is 5.83. The lowest BCUT2D eigenvalue weighted by molar-refractivity contribution is -0.143. The van der Waals surface area contributed by atoms with E-state index < -0.39 is 11.5 Å². The first-order valence-electron chi connectivity index (χ1n) is 6.76. The van der Waals surface area contributed by atoms with Crippen LogP contribution in [0.5, 0.6) is 0 Å². The van der Waals surface area contributed by atoms with Gasteiger partial charge in [-0.25, -0.2) is 0 Å². The Balaban J connectivity index is 2.89. The normalized spacial score (nSPS) is 13.8. The van der Waals surface area contributed by atoms with Crippen molar-refractivity contribution < 1.29 is 9.90 Å². The molecular formula is C15H24N2O2. The monoisotopic (exact) mass is 264 g/mol. The number of carbonyl (C=O) groups is 1. The van der Waals surface area contributed by atoms with Crippen LogP contribution in [-0.2, 0) is 4.79 Å². The summed E-state index contributed by atoms with van der Waals surface area (Å²) in [7, 11) is 1.69. The summed E-state index contributed by atoms with van der Waals surface area (Å²) in [5.41, 5.74) is 0.127. The van der Waals surface area contributed by atoms with Crippen LogP contribution in [0, 0.1) is 0 Å². The lowest BCUT2D eigenvalue weighted by Crippen LogP contribution is -2.55. The molecule has 1 aromatic carbocycles. The van der Waals surface area contributed by atoms with Crippen LogP contribution >= 0.6 is 0 Å². The van der Waals surface area contributed by atoms with E-state index in [4.69, 9.17) is 0 Å². The SMILES string of the molecule is CCCCN(CC(C)(NC)C(=O)O)c1ccccc1. The summed E-state index contributed by atoms with van der Waals surface area (Å²) >= 11 is 0. The third-order valence-corrected chi connectivity index (χ3v) is 3.43. The van der Waals surface area contributed by atoms with Gasteiger partial charge in [-0.15, -0.1) is 0 Å². The molecule has 4 nitrogen and oxygen atoms in total. The van der Waals surface area contributed by atoms with Gasteiger partial charge < -0.3 is 15.3 Å². The van der Waals surface area contributed by atoms with Crippen molar-refractivity contribution in [2.24, 2.45) is 0 Å². The van der Waals surface area contributed by atoms with Crippen LogP contribution < -0.4 is 10.2 Å². The van der Waals surface area contributed by atoms with Crippen molar-refractivity contribution in [1.29, 1.82) is 0 Å². The molecule has 4 heteroatoms. The Hall–Kier alpha value is -1.55. The quantitative estimate of drug-likeness (QED) is 0.757. The second-order valence-corrected chi connectivity index (χ2v) is 5.00. The van der Waals surface area contributed by atoms with Gasteiger partial charge in [-0.2, -0.15) is 0 Å². The standard InChI is InChI=1S/C15H24N2O2/c1-4-5-11-17(13-9-7-6-8-10-13)12-15(2,16-3)14(18)19/h6-10,16H,4-5,11-12H2,1-3H3,(H,18,19). The maximum absolute atomic E-state index is 11.4. The van der Waals surface area contributed by atoms with Gasteiger partial charge in [-0.05, 0) is 32.5 Å². The molecule has 0 spiro atoms. The van der Waals surface area contributed by atoms with Crippen LogP contribution in [0.15, 0.2) is 30.3 Å². The summed E-state index contributed by atoms with van der Waals surface area (Å²) in [5, 5.41) is 12.3. The van der Waals surface area contributed by atoms with Crippen LogP contribution in [0.3, 0.4) is 0 Å². The first-order chi connectivity index (χ1) is 9.03. The highest BCUT2D eigenvalue weighted by atomic mass is 16.4. The molecular weight excluding hydrogens is 240 g/mol. The number of likely N-dealkylation sites (N-methyl/N-ethyl adjacent to an activating group) is 1. The first-order valence-corrected chi connectivity index (χ1v) is 6.76. The fourth-order valence-corrected chi connectivity index (χ4v) is 1.92. The van der Waals surface area contributed by atoms with E-state index in [9.17, 15) is 9.90 Å². The Labute approximate surface area is 115 Å². The lowest BCUT2D eigenvalue weighted by atomic mass is 10.0. The summed E-state index contributed by atoms with van der Waals surface area (Å²) in [6, 6.07) is 9.97. The van der Waals surface area contributed by atoms with Gasteiger partial charge in [-0.3, -0.25) is 4.79 Å². The third kappa shape index (κ3) is 4.24. The Bertz CT molecular complexity index is 394. The molecule has 2 N–H and O–H groups in total.